The fourth-order valence-corrected chi connectivity index (χ4v) is 3.87. The molecule has 31 heavy (non-hydrogen) atoms. The van der Waals surface area contributed by atoms with E-state index in [0.717, 1.165) is 37.3 Å². The number of hydrogen-bond acceptors (Lipinski definition) is 7. The number of aromatic nitrogens is 3. The Morgan fingerprint density at radius 1 is 1.19 bits per heavy atom. The summed E-state index contributed by atoms with van der Waals surface area (Å²) in [6.45, 7) is 12.2. The van der Waals surface area contributed by atoms with Gasteiger partial charge in [-0.05, 0) is 33.8 Å². The maximum Gasteiger partial charge on any atom is 0.496 e. The highest BCUT2D eigenvalue weighted by molar-refractivity contribution is 6.62. The van der Waals surface area contributed by atoms with Crippen molar-refractivity contribution in [3.8, 4) is 0 Å². The molecule has 2 aromatic rings. The van der Waals surface area contributed by atoms with Crippen molar-refractivity contribution in [3.63, 3.8) is 0 Å². The second kappa shape index (κ2) is 8.09. The van der Waals surface area contributed by atoms with Crippen LogP contribution in [-0.4, -0.2) is 64.4 Å². The van der Waals surface area contributed by atoms with Crippen LogP contribution in [0.2, 0.25) is 0 Å². The van der Waals surface area contributed by atoms with Gasteiger partial charge in [0.2, 0.25) is 0 Å². The van der Waals surface area contributed by atoms with E-state index < -0.39 is 18.3 Å². The van der Waals surface area contributed by atoms with Gasteiger partial charge in [-0.15, -0.1) is 0 Å². The lowest BCUT2D eigenvalue weighted by molar-refractivity contribution is 0.00578. The third-order valence-electron chi connectivity index (χ3n) is 6.48. The minimum absolute atomic E-state index is 0.132. The maximum atomic E-state index is 12.8. The number of nitrogens with one attached hydrogen (secondary N) is 1. The molecule has 0 bridgehead atoms. The quantitative estimate of drug-likeness (QED) is 0.689. The molecule has 1 N–H and O–H groups in total. The molecule has 0 aromatic carbocycles. The summed E-state index contributed by atoms with van der Waals surface area (Å²) in [7, 11) is 2.91. The van der Waals surface area contributed by atoms with Crippen LogP contribution in [0.1, 0.15) is 33.4 Å². The molecule has 0 unspecified atom stereocenters. The highest BCUT2D eigenvalue weighted by atomic mass is 16.7. The van der Waals surface area contributed by atoms with Gasteiger partial charge in [0.15, 0.2) is 5.82 Å². The predicted octanol–water partition coefficient (Wildman–Crippen LogP) is 1.09. The van der Waals surface area contributed by atoms with Crippen LogP contribution in [0.25, 0.3) is 0 Å². The lowest BCUT2D eigenvalue weighted by atomic mass is 9.80. The molecule has 2 aliphatic heterocycles. The van der Waals surface area contributed by atoms with Gasteiger partial charge in [-0.2, -0.15) is 5.10 Å². The first-order valence-electron chi connectivity index (χ1n) is 10.7. The molecule has 0 saturated carbocycles. The highest BCUT2D eigenvalue weighted by Crippen LogP contribution is 2.36. The van der Waals surface area contributed by atoms with E-state index in [-0.39, 0.29) is 5.56 Å². The summed E-state index contributed by atoms with van der Waals surface area (Å²) in [4.78, 5) is 15.1. The third kappa shape index (κ3) is 4.30. The van der Waals surface area contributed by atoms with Crippen LogP contribution in [0.5, 0.6) is 0 Å². The summed E-state index contributed by atoms with van der Waals surface area (Å²) in [5, 5.41) is 7.86. The first-order chi connectivity index (χ1) is 14.6. The van der Waals surface area contributed by atoms with E-state index in [1.165, 1.54) is 0 Å². The largest absolute Gasteiger partial charge is 0.496 e. The van der Waals surface area contributed by atoms with Crippen molar-refractivity contribution in [2.24, 2.45) is 7.05 Å². The molecule has 4 heterocycles. The Morgan fingerprint density at radius 2 is 1.90 bits per heavy atom. The summed E-state index contributed by atoms with van der Waals surface area (Å²) in [6.07, 6.45) is 1.77. The average molecular weight is 429 g/mol. The van der Waals surface area contributed by atoms with Crippen LogP contribution in [0, 0.1) is 0 Å². The lowest BCUT2D eigenvalue weighted by Crippen LogP contribution is -2.41. The number of pyridine rings is 1. The zero-order valence-corrected chi connectivity index (χ0v) is 19.3. The number of rotatable bonds is 6. The number of aryl methyl sites for hydroxylation is 1. The Labute approximate surface area is 183 Å². The van der Waals surface area contributed by atoms with Gasteiger partial charge >= 0.3 is 7.12 Å². The molecule has 2 aromatic heterocycles. The minimum Gasteiger partial charge on any atom is -0.399 e. The predicted molar refractivity (Wildman–Crippen MR) is 120 cm³/mol. The fraction of sp³-hybridized carbons (Fsp3) is 0.619. The zero-order valence-electron chi connectivity index (χ0n) is 19.3. The molecular formula is C21H32BN5O4. The van der Waals surface area contributed by atoms with E-state index in [0.29, 0.717) is 18.1 Å². The van der Waals surface area contributed by atoms with Crippen LogP contribution in [0.3, 0.4) is 0 Å². The summed E-state index contributed by atoms with van der Waals surface area (Å²) >= 11 is 0. The van der Waals surface area contributed by atoms with E-state index in [1.54, 1.807) is 31.0 Å². The van der Waals surface area contributed by atoms with Gasteiger partial charge < -0.3 is 23.9 Å². The van der Waals surface area contributed by atoms with E-state index in [2.05, 4.69) is 15.3 Å². The Balaban J connectivity index is 1.55. The molecular weight excluding hydrogens is 397 g/mol. The number of nitrogens with zero attached hydrogens (tertiary/aromatic N) is 4. The molecule has 0 spiro atoms. The normalized spacial score (nSPS) is 20.1. The minimum atomic E-state index is -0.540. The first kappa shape index (κ1) is 22.1. The third-order valence-corrected chi connectivity index (χ3v) is 6.48. The van der Waals surface area contributed by atoms with E-state index >= 15 is 0 Å². The fourth-order valence-electron chi connectivity index (χ4n) is 3.87. The smallest absolute Gasteiger partial charge is 0.399 e. The maximum absolute atomic E-state index is 12.8. The Kier molecular flexibility index (Phi) is 5.76. The van der Waals surface area contributed by atoms with Crippen molar-refractivity contribution in [1.29, 1.82) is 0 Å². The number of hydrogen-bond donors (Lipinski definition) is 1. The van der Waals surface area contributed by atoms with Crippen molar-refractivity contribution in [1.82, 2.24) is 19.2 Å². The second-order valence-corrected chi connectivity index (χ2v) is 9.33. The Hall–Kier alpha value is -2.14. The zero-order chi connectivity index (χ0) is 22.4. The number of anilines is 2. The van der Waals surface area contributed by atoms with E-state index in [4.69, 9.17) is 14.0 Å². The molecule has 0 aliphatic carbocycles. The highest BCUT2D eigenvalue weighted by Gasteiger charge is 2.52. The molecule has 168 valence electrons. The summed E-state index contributed by atoms with van der Waals surface area (Å²) in [6, 6.07) is 3.80. The summed E-state index contributed by atoms with van der Waals surface area (Å²) in [5.74, 6) is 0.659. The molecule has 0 radical (unpaired) electrons. The van der Waals surface area contributed by atoms with Crippen LogP contribution in [-0.2, 0) is 34.2 Å². The standard InChI is InChI=1S/C21H32BN5O4/c1-20(2)21(3,4)31-22(30-20)15-11-17(19(28)25(5)13-15)23-18-12-16-14-26(9-10-29-6)7-8-27(16)24-18/h11-13H,7-10,14H2,1-6H3,(H,23,24). The van der Waals surface area contributed by atoms with Gasteiger partial charge in [0.05, 0.1) is 30.0 Å². The Morgan fingerprint density at radius 3 is 2.58 bits per heavy atom. The average Bonchev–Trinajstić information content (AvgIpc) is 3.19. The molecule has 0 atom stereocenters. The molecule has 2 aliphatic rings. The monoisotopic (exact) mass is 429 g/mol. The van der Waals surface area contributed by atoms with Crippen LogP contribution < -0.4 is 16.3 Å². The number of ether oxygens (including phenoxy) is 1. The van der Waals surface area contributed by atoms with E-state index in [9.17, 15) is 4.79 Å². The molecule has 1 saturated heterocycles. The van der Waals surface area contributed by atoms with Crippen molar-refractivity contribution < 1.29 is 14.0 Å². The van der Waals surface area contributed by atoms with Crippen LogP contribution >= 0.6 is 0 Å². The van der Waals surface area contributed by atoms with E-state index in [1.807, 2.05) is 38.4 Å². The number of methoxy groups -OCH3 is 1. The molecule has 9 nitrogen and oxygen atoms in total. The molecule has 0 amide bonds. The van der Waals surface area contributed by atoms with Gasteiger partial charge in [0, 0.05) is 51.5 Å². The Bertz CT molecular complexity index is 1000. The van der Waals surface area contributed by atoms with Gasteiger partial charge in [0.25, 0.3) is 5.56 Å². The summed E-state index contributed by atoms with van der Waals surface area (Å²) in [5.41, 5.74) is 1.32. The van der Waals surface area contributed by atoms with Gasteiger partial charge in [-0.3, -0.25) is 14.4 Å². The molecule has 1 fully saturated rings. The van der Waals surface area contributed by atoms with Crippen molar-refractivity contribution in [2.45, 2.75) is 52.0 Å². The SMILES string of the molecule is COCCN1CCn2nc(Nc3cc(B4OC(C)(C)C(C)(C)O4)cn(C)c3=O)cc2C1. The van der Waals surface area contributed by atoms with Crippen LogP contribution in [0.15, 0.2) is 23.1 Å². The summed E-state index contributed by atoms with van der Waals surface area (Å²) < 4.78 is 21.0. The van der Waals surface area contributed by atoms with Crippen molar-refractivity contribution in [2.75, 3.05) is 32.1 Å². The first-order valence-corrected chi connectivity index (χ1v) is 10.7. The van der Waals surface area contributed by atoms with Crippen LogP contribution in [0.4, 0.5) is 11.5 Å². The van der Waals surface area contributed by atoms with Crippen molar-refractivity contribution in [3.05, 3.63) is 34.4 Å². The van der Waals surface area contributed by atoms with Gasteiger partial charge in [0.1, 0.15) is 5.69 Å². The lowest BCUT2D eigenvalue weighted by Gasteiger charge is -2.32. The second-order valence-electron chi connectivity index (χ2n) is 9.33. The topological polar surface area (TPSA) is 82.8 Å². The molecule has 4 rings (SSSR count). The van der Waals surface area contributed by atoms with Gasteiger partial charge in [-0.1, -0.05) is 0 Å². The van der Waals surface area contributed by atoms with Crippen molar-refractivity contribution >= 4 is 24.1 Å². The van der Waals surface area contributed by atoms with Gasteiger partial charge in [-0.25, -0.2) is 0 Å². The molecule has 10 heteroatoms. The number of fused-ring (bicyclic) bond motifs is 1.